The van der Waals surface area contributed by atoms with Gasteiger partial charge in [-0.25, -0.2) is 9.78 Å². The first-order valence-corrected chi connectivity index (χ1v) is 11.1. The fourth-order valence-electron chi connectivity index (χ4n) is 3.53. The van der Waals surface area contributed by atoms with Crippen LogP contribution in [-0.2, 0) is 22.4 Å². The zero-order chi connectivity index (χ0) is 19.8. The number of nitrogens with one attached hydrogen (secondary N) is 1. The molecular formula is C21H22N2O3S2. The summed E-state index contributed by atoms with van der Waals surface area (Å²) in [4.78, 5) is 35.3. The summed E-state index contributed by atoms with van der Waals surface area (Å²) >= 11 is 3.16. The molecule has 0 bridgehead atoms. The molecule has 1 aliphatic carbocycles. The maximum atomic E-state index is 12.7. The zero-order valence-electron chi connectivity index (χ0n) is 16.1. The van der Waals surface area contributed by atoms with Gasteiger partial charge in [-0.3, -0.25) is 4.79 Å². The lowest BCUT2D eigenvalue weighted by atomic mass is 9.89. The van der Waals surface area contributed by atoms with Gasteiger partial charge in [-0.2, -0.15) is 0 Å². The predicted molar refractivity (Wildman–Crippen MR) is 114 cm³/mol. The molecule has 0 unspecified atom stereocenters. The molecule has 146 valence electrons. The molecule has 0 radical (unpaired) electrons. The maximum absolute atomic E-state index is 12.7. The van der Waals surface area contributed by atoms with Crippen LogP contribution in [0.1, 0.15) is 53.1 Å². The minimum absolute atomic E-state index is 0.139. The number of rotatable bonds is 4. The van der Waals surface area contributed by atoms with E-state index in [-0.39, 0.29) is 5.56 Å². The summed E-state index contributed by atoms with van der Waals surface area (Å²) in [6, 6.07) is 2.00. The van der Waals surface area contributed by atoms with Crippen molar-refractivity contribution in [2.75, 3.05) is 0 Å². The molecule has 3 aromatic rings. The molecule has 28 heavy (non-hydrogen) atoms. The van der Waals surface area contributed by atoms with E-state index >= 15 is 0 Å². The third-order valence-electron chi connectivity index (χ3n) is 5.13. The molecule has 0 amide bonds. The van der Waals surface area contributed by atoms with Gasteiger partial charge in [0.05, 0.1) is 5.39 Å². The van der Waals surface area contributed by atoms with Crippen molar-refractivity contribution in [3.8, 4) is 0 Å². The Kier molecular flexibility index (Phi) is 5.21. The third-order valence-corrected chi connectivity index (χ3v) is 7.27. The molecule has 1 aliphatic rings. The molecule has 0 saturated carbocycles. The van der Waals surface area contributed by atoms with Gasteiger partial charge in [0.1, 0.15) is 4.83 Å². The van der Waals surface area contributed by atoms with Crippen molar-refractivity contribution >= 4 is 44.9 Å². The number of carbonyl (C=O) groups is 1. The Hall–Kier alpha value is -2.25. The standard InChI is InChI=1S/C21H22N2O3S2/c1-11-4-5-14-16(10-11)28-21-18(14)20(25)22-19(23-21)13(3)26-17(24)7-6-15-12(2)8-9-27-15/h6-9,11,13H,4-5,10H2,1-3H3,(H,22,23,25)/b7-6+/t11-,13+/m0/s1. The van der Waals surface area contributed by atoms with Gasteiger partial charge in [0.15, 0.2) is 11.9 Å². The summed E-state index contributed by atoms with van der Waals surface area (Å²) in [6.45, 7) is 5.96. The van der Waals surface area contributed by atoms with Crippen LogP contribution >= 0.6 is 22.7 Å². The minimum Gasteiger partial charge on any atom is -0.451 e. The van der Waals surface area contributed by atoms with Gasteiger partial charge in [-0.15, -0.1) is 22.7 Å². The number of ether oxygens (including phenoxy) is 1. The second-order valence-electron chi connectivity index (χ2n) is 7.36. The van der Waals surface area contributed by atoms with Gasteiger partial charge in [0.2, 0.25) is 0 Å². The molecule has 0 aliphatic heterocycles. The second kappa shape index (κ2) is 7.64. The van der Waals surface area contributed by atoms with E-state index in [1.54, 1.807) is 35.7 Å². The van der Waals surface area contributed by atoms with E-state index in [0.29, 0.717) is 17.1 Å². The molecule has 3 aromatic heterocycles. The molecule has 4 rings (SSSR count). The van der Waals surface area contributed by atoms with E-state index < -0.39 is 12.1 Å². The van der Waals surface area contributed by atoms with Gasteiger partial charge < -0.3 is 9.72 Å². The van der Waals surface area contributed by atoms with Crippen molar-refractivity contribution < 1.29 is 9.53 Å². The average Bonchev–Trinajstić information content (AvgIpc) is 3.22. The van der Waals surface area contributed by atoms with Crippen molar-refractivity contribution in [1.29, 1.82) is 0 Å². The first-order valence-electron chi connectivity index (χ1n) is 9.39. The number of hydrogen-bond acceptors (Lipinski definition) is 6. The fourth-order valence-corrected chi connectivity index (χ4v) is 5.74. The number of aromatic amines is 1. The number of carbonyl (C=O) groups excluding carboxylic acids is 1. The first kappa shape index (κ1) is 19.1. The smallest absolute Gasteiger partial charge is 0.331 e. The Bertz CT molecular complexity index is 1120. The molecule has 2 atom stereocenters. The molecule has 0 spiro atoms. The highest BCUT2D eigenvalue weighted by molar-refractivity contribution is 7.18. The van der Waals surface area contributed by atoms with Crippen LogP contribution in [0.4, 0.5) is 0 Å². The summed E-state index contributed by atoms with van der Waals surface area (Å²) in [6.07, 6.45) is 5.57. The van der Waals surface area contributed by atoms with Crippen LogP contribution in [-0.4, -0.2) is 15.9 Å². The van der Waals surface area contributed by atoms with Crippen LogP contribution in [0.15, 0.2) is 22.3 Å². The van der Waals surface area contributed by atoms with E-state index in [4.69, 9.17) is 4.74 Å². The summed E-state index contributed by atoms with van der Waals surface area (Å²) in [5.41, 5.74) is 2.13. The van der Waals surface area contributed by atoms with Crippen molar-refractivity contribution in [3.05, 3.63) is 54.6 Å². The fraction of sp³-hybridized carbons (Fsp3) is 0.381. The Morgan fingerprint density at radius 1 is 1.46 bits per heavy atom. The maximum Gasteiger partial charge on any atom is 0.331 e. The number of aromatic nitrogens is 2. The molecule has 7 heteroatoms. The van der Waals surface area contributed by atoms with E-state index in [1.807, 2.05) is 18.4 Å². The van der Waals surface area contributed by atoms with E-state index in [2.05, 4.69) is 16.9 Å². The SMILES string of the molecule is Cc1ccsc1/C=C/C(=O)O[C@H](C)c1nc2sc3c(c2c(=O)[nH]1)CC[C@H](C)C3. The quantitative estimate of drug-likeness (QED) is 0.492. The molecule has 0 aromatic carbocycles. The first-order chi connectivity index (χ1) is 13.4. The Balaban J connectivity index is 1.55. The predicted octanol–water partition coefficient (Wildman–Crippen LogP) is 4.80. The molecule has 3 heterocycles. The summed E-state index contributed by atoms with van der Waals surface area (Å²) < 4.78 is 5.45. The van der Waals surface area contributed by atoms with Crippen molar-refractivity contribution in [3.63, 3.8) is 0 Å². The van der Waals surface area contributed by atoms with Crippen molar-refractivity contribution in [2.24, 2.45) is 5.92 Å². The number of thiophene rings is 2. The summed E-state index contributed by atoms with van der Waals surface area (Å²) in [5.74, 6) is 0.568. The third kappa shape index (κ3) is 3.69. The second-order valence-corrected chi connectivity index (χ2v) is 9.39. The number of H-pyrrole nitrogens is 1. The van der Waals surface area contributed by atoms with Gasteiger partial charge in [0.25, 0.3) is 5.56 Å². The zero-order valence-corrected chi connectivity index (χ0v) is 17.7. The number of esters is 1. The molecule has 0 saturated heterocycles. The normalized spacial score (nSPS) is 17.8. The summed E-state index contributed by atoms with van der Waals surface area (Å²) in [5, 5.41) is 2.69. The van der Waals surface area contributed by atoms with E-state index in [1.165, 1.54) is 11.0 Å². The van der Waals surface area contributed by atoms with Crippen molar-refractivity contribution in [2.45, 2.75) is 46.1 Å². The molecule has 0 fully saturated rings. The lowest BCUT2D eigenvalue weighted by Crippen LogP contribution is -2.17. The van der Waals surface area contributed by atoms with Crippen LogP contribution in [0, 0.1) is 12.8 Å². The highest BCUT2D eigenvalue weighted by atomic mass is 32.1. The monoisotopic (exact) mass is 414 g/mol. The van der Waals surface area contributed by atoms with Gasteiger partial charge in [-0.1, -0.05) is 6.92 Å². The molecule has 1 N–H and O–H groups in total. The Morgan fingerprint density at radius 3 is 3.04 bits per heavy atom. The minimum atomic E-state index is -0.628. The number of aryl methyl sites for hydroxylation is 2. The van der Waals surface area contributed by atoms with Crippen LogP contribution < -0.4 is 5.56 Å². The van der Waals surface area contributed by atoms with E-state index in [9.17, 15) is 9.59 Å². The highest BCUT2D eigenvalue weighted by Gasteiger charge is 2.24. The lowest BCUT2D eigenvalue weighted by Gasteiger charge is -2.17. The van der Waals surface area contributed by atoms with E-state index in [0.717, 1.165) is 40.1 Å². The van der Waals surface area contributed by atoms with Gasteiger partial charge >= 0.3 is 5.97 Å². The van der Waals surface area contributed by atoms with Crippen LogP contribution in [0.5, 0.6) is 0 Å². The largest absolute Gasteiger partial charge is 0.451 e. The van der Waals surface area contributed by atoms with Crippen LogP contribution in [0.3, 0.4) is 0 Å². The molecular weight excluding hydrogens is 392 g/mol. The lowest BCUT2D eigenvalue weighted by molar-refractivity contribution is -0.142. The topological polar surface area (TPSA) is 72.0 Å². The number of nitrogens with zero attached hydrogens (tertiary/aromatic N) is 1. The van der Waals surface area contributed by atoms with Crippen molar-refractivity contribution in [1.82, 2.24) is 9.97 Å². The van der Waals surface area contributed by atoms with Crippen LogP contribution in [0.25, 0.3) is 16.3 Å². The summed E-state index contributed by atoms with van der Waals surface area (Å²) in [7, 11) is 0. The number of hydrogen-bond donors (Lipinski definition) is 1. The Labute approximate surface area is 171 Å². The van der Waals surface area contributed by atoms with Crippen LogP contribution in [0.2, 0.25) is 0 Å². The van der Waals surface area contributed by atoms with Gasteiger partial charge in [-0.05, 0) is 67.7 Å². The molecule has 5 nitrogen and oxygen atoms in total. The van der Waals surface area contributed by atoms with Gasteiger partial charge in [0, 0.05) is 15.8 Å². The Morgan fingerprint density at radius 2 is 2.29 bits per heavy atom. The average molecular weight is 415 g/mol. The highest BCUT2D eigenvalue weighted by Crippen LogP contribution is 2.36. The number of fused-ring (bicyclic) bond motifs is 3.